The van der Waals surface area contributed by atoms with Crippen molar-refractivity contribution >= 4 is 18.0 Å². The summed E-state index contributed by atoms with van der Waals surface area (Å²) in [5.41, 5.74) is 8.42. The van der Waals surface area contributed by atoms with E-state index in [4.69, 9.17) is 5.73 Å². The normalized spacial score (nSPS) is 10.4. The van der Waals surface area contributed by atoms with Crippen molar-refractivity contribution in [1.82, 2.24) is 0 Å². The fourth-order valence-corrected chi connectivity index (χ4v) is 1.03. The Labute approximate surface area is 72.4 Å². The molecule has 1 rings (SSSR count). The first kappa shape index (κ1) is 8.53. The van der Waals surface area contributed by atoms with Gasteiger partial charge < -0.3 is 5.73 Å². The minimum absolute atomic E-state index is 0.746. The topological polar surface area (TPSA) is 38.4 Å². The first-order valence-electron chi connectivity index (χ1n) is 3.72. The highest BCUT2D eigenvalue weighted by Gasteiger charge is 1.95. The lowest BCUT2D eigenvalue weighted by Crippen LogP contribution is -1.91. The van der Waals surface area contributed by atoms with E-state index in [1.165, 1.54) is 0 Å². The van der Waals surface area contributed by atoms with E-state index in [1.807, 2.05) is 18.2 Å². The molecule has 1 aromatic rings. The van der Waals surface area contributed by atoms with Gasteiger partial charge in [-0.3, -0.25) is 4.99 Å². The van der Waals surface area contributed by atoms with E-state index in [-0.39, 0.29) is 0 Å². The number of rotatable bonds is 2. The van der Waals surface area contributed by atoms with Crippen LogP contribution >= 0.6 is 0 Å². The Bertz CT molecular complexity index is 314. The minimum atomic E-state index is 0.746. The highest BCUT2D eigenvalue weighted by Crippen LogP contribution is 2.12. The summed E-state index contributed by atoms with van der Waals surface area (Å²) in [5, 5.41) is 0. The molecule has 0 aliphatic rings. The molecule has 0 amide bonds. The zero-order chi connectivity index (χ0) is 8.97. The van der Waals surface area contributed by atoms with Crippen molar-refractivity contribution in [3.8, 4) is 0 Å². The molecule has 2 nitrogen and oxygen atoms in total. The first-order valence-corrected chi connectivity index (χ1v) is 3.72. The van der Waals surface area contributed by atoms with Gasteiger partial charge >= 0.3 is 0 Å². The second-order valence-electron chi connectivity index (χ2n) is 2.48. The van der Waals surface area contributed by atoms with Gasteiger partial charge in [0.1, 0.15) is 0 Å². The Hall–Kier alpha value is -1.57. The van der Waals surface area contributed by atoms with E-state index < -0.39 is 0 Å². The molecule has 12 heavy (non-hydrogen) atoms. The van der Waals surface area contributed by atoms with Gasteiger partial charge in [-0.1, -0.05) is 18.7 Å². The summed E-state index contributed by atoms with van der Waals surface area (Å²) in [6.07, 6.45) is 3.56. The summed E-state index contributed by atoms with van der Waals surface area (Å²) in [7, 11) is 1.73. The van der Waals surface area contributed by atoms with Gasteiger partial charge in [-0.05, 0) is 17.7 Å². The quantitative estimate of drug-likeness (QED) is 0.521. The molecule has 0 bridgehead atoms. The van der Waals surface area contributed by atoms with Crippen LogP contribution in [0.1, 0.15) is 11.1 Å². The molecule has 62 valence electrons. The van der Waals surface area contributed by atoms with Crippen LogP contribution in [0.15, 0.2) is 29.8 Å². The molecule has 1 aromatic carbocycles. The maximum atomic E-state index is 5.62. The van der Waals surface area contributed by atoms with Gasteiger partial charge in [0.2, 0.25) is 0 Å². The zero-order valence-corrected chi connectivity index (χ0v) is 7.12. The third-order valence-electron chi connectivity index (χ3n) is 1.60. The number of aliphatic imine (C=N–C) groups is 1. The van der Waals surface area contributed by atoms with Crippen molar-refractivity contribution in [1.29, 1.82) is 0 Å². The largest absolute Gasteiger partial charge is 0.399 e. The molecule has 2 heteroatoms. The lowest BCUT2D eigenvalue weighted by atomic mass is 10.1. The Morgan fingerprint density at radius 3 is 2.75 bits per heavy atom. The lowest BCUT2D eigenvalue weighted by molar-refractivity contribution is 1.46. The number of nitrogens with two attached hydrogens (primary N) is 1. The number of hydrogen-bond acceptors (Lipinski definition) is 2. The number of nitrogen functional groups attached to an aromatic ring is 1. The molecule has 0 radical (unpaired) electrons. The van der Waals surface area contributed by atoms with E-state index in [0.717, 1.165) is 16.8 Å². The van der Waals surface area contributed by atoms with Gasteiger partial charge in [0, 0.05) is 24.5 Å². The van der Waals surface area contributed by atoms with Crippen LogP contribution in [0.25, 0.3) is 6.08 Å². The van der Waals surface area contributed by atoms with Crippen LogP contribution in [0.4, 0.5) is 5.69 Å². The highest BCUT2D eigenvalue weighted by molar-refractivity contribution is 5.86. The maximum absolute atomic E-state index is 5.62. The summed E-state index contributed by atoms with van der Waals surface area (Å²) < 4.78 is 0. The number of benzene rings is 1. The Morgan fingerprint density at radius 2 is 2.17 bits per heavy atom. The van der Waals surface area contributed by atoms with Crippen LogP contribution in [-0.2, 0) is 0 Å². The van der Waals surface area contributed by atoms with Crippen LogP contribution < -0.4 is 5.73 Å². The zero-order valence-electron chi connectivity index (χ0n) is 7.12. The van der Waals surface area contributed by atoms with Gasteiger partial charge in [-0.25, -0.2) is 0 Å². The summed E-state index contributed by atoms with van der Waals surface area (Å²) in [4.78, 5) is 3.93. The highest BCUT2D eigenvalue weighted by atomic mass is 14.6. The molecule has 0 unspecified atom stereocenters. The molecule has 2 N–H and O–H groups in total. The van der Waals surface area contributed by atoms with Gasteiger partial charge in [-0.2, -0.15) is 0 Å². The van der Waals surface area contributed by atoms with Gasteiger partial charge in [0.25, 0.3) is 0 Å². The third kappa shape index (κ3) is 1.72. The molecule has 0 aromatic heterocycles. The molecule has 0 atom stereocenters. The predicted octanol–water partition coefficient (Wildman–Crippen LogP) is 1.96. The van der Waals surface area contributed by atoms with Crippen LogP contribution in [-0.4, -0.2) is 13.3 Å². The van der Waals surface area contributed by atoms with Crippen molar-refractivity contribution in [3.63, 3.8) is 0 Å². The number of nitrogens with zero attached hydrogens (tertiary/aromatic N) is 1. The van der Waals surface area contributed by atoms with Gasteiger partial charge in [0.15, 0.2) is 0 Å². The van der Waals surface area contributed by atoms with Crippen LogP contribution in [0.2, 0.25) is 0 Å². The summed E-state index contributed by atoms with van der Waals surface area (Å²) in [5.74, 6) is 0. The maximum Gasteiger partial charge on any atom is 0.0320 e. The van der Waals surface area contributed by atoms with Crippen LogP contribution in [0, 0.1) is 0 Å². The minimum Gasteiger partial charge on any atom is -0.399 e. The molecule has 0 fully saturated rings. The van der Waals surface area contributed by atoms with E-state index in [2.05, 4.69) is 11.6 Å². The van der Waals surface area contributed by atoms with E-state index in [0.29, 0.717) is 0 Å². The Balaban J connectivity index is 3.20. The van der Waals surface area contributed by atoms with Crippen LogP contribution in [0.3, 0.4) is 0 Å². The van der Waals surface area contributed by atoms with Gasteiger partial charge in [0.05, 0.1) is 0 Å². The molecule has 0 saturated carbocycles. The molecule has 0 saturated heterocycles. The fourth-order valence-electron chi connectivity index (χ4n) is 1.03. The van der Waals surface area contributed by atoms with Crippen LogP contribution in [0.5, 0.6) is 0 Å². The standard InChI is InChI=1S/C10H12N2/c1-3-8-4-5-10(11)6-9(8)7-12-2/h3-7H,1,11H2,2H3/b12-7-. The van der Waals surface area contributed by atoms with Gasteiger partial charge in [-0.15, -0.1) is 0 Å². The Morgan fingerprint density at radius 1 is 1.42 bits per heavy atom. The average Bonchev–Trinajstić information content (AvgIpc) is 2.05. The monoisotopic (exact) mass is 160 g/mol. The Kier molecular flexibility index (Phi) is 2.64. The molecule has 0 aliphatic heterocycles. The van der Waals surface area contributed by atoms with Crippen molar-refractivity contribution in [2.24, 2.45) is 4.99 Å². The lowest BCUT2D eigenvalue weighted by Gasteiger charge is -2.00. The van der Waals surface area contributed by atoms with Crippen molar-refractivity contribution in [3.05, 3.63) is 35.9 Å². The van der Waals surface area contributed by atoms with E-state index in [9.17, 15) is 0 Å². The SMILES string of the molecule is C=Cc1ccc(N)cc1/C=N\C. The summed E-state index contributed by atoms with van der Waals surface area (Å²) in [6, 6.07) is 5.66. The second kappa shape index (κ2) is 3.72. The van der Waals surface area contributed by atoms with E-state index in [1.54, 1.807) is 19.3 Å². The first-order chi connectivity index (χ1) is 5.77. The average molecular weight is 160 g/mol. The second-order valence-corrected chi connectivity index (χ2v) is 2.48. The third-order valence-corrected chi connectivity index (χ3v) is 1.60. The molecule has 0 heterocycles. The number of hydrogen-bond donors (Lipinski definition) is 1. The molecular formula is C10H12N2. The summed E-state index contributed by atoms with van der Waals surface area (Å²) in [6.45, 7) is 3.70. The molecule has 0 spiro atoms. The van der Waals surface area contributed by atoms with Crippen molar-refractivity contribution < 1.29 is 0 Å². The molecular weight excluding hydrogens is 148 g/mol. The number of anilines is 1. The van der Waals surface area contributed by atoms with Crippen molar-refractivity contribution in [2.45, 2.75) is 0 Å². The molecule has 0 aliphatic carbocycles. The predicted molar refractivity (Wildman–Crippen MR) is 54.5 cm³/mol. The summed E-state index contributed by atoms with van der Waals surface area (Å²) >= 11 is 0. The van der Waals surface area contributed by atoms with E-state index >= 15 is 0 Å². The fraction of sp³-hybridized carbons (Fsp3) is 0.100. The van der Waals surface area contributed by atoms with Crippen molar-refractivity contribution in [2.75, 3.05) is 12.8 Å². The smallest absolute Gasteiger partial charge is 0.0320 e.